The van der Waals surface area contributed by atoms with Crippen LogP contribution in [0.3, 0.4) is 0 Å². The number of ether oxygens (including phenoxy) is 2. The molecular formula is C14H18N2O5S. The van der Waals surface area contributed by atoms with Crippen LogP contribution in [-0.2, 0) is 19.1 Å². The van der Waals surface area contributed by atoms with Crippen LogP contribution in [0.1, 0.15) is 22.5 Å². The summed E-state index contributed by atoms with van der Waals surface area (Å²) in [5.74, 6) is -1.37. The number of rotatable bonds is 7. The molecule has 0 aromatic carbocycles. The Morgan fingerprint density at radius 2 is 2.23 bits per heavy atom. The van der Waals surface area contributed by atoms with E-state index in [1.165, 1.54) is 11.3 Å². The quantitative estimate of drug-likeness (QED) is 0.704. The number of esters is 1. The molecule has 2 heterocycles. The summed E-state index contributed by atoms with van der Waals surface area (Å²) in [5.41, 5.74) is 0. The van der Waals surface area contributed by atoms with Gasteiger partial charge in [0.25, 0.3) is 11.8 Å². The van der Waals surface area contributed by atoms with Crippen LogP contribution in [0.25, 0.3) is 0 Å². The maximum absolute atomic E-state index is 11.6. The first-order chi connectivity index (χ1) is 10.6. The topological polar surface area (TPSA) is 93.7 Å². The molecule has 0 aliphatic carbocycles. The number of carbonyl (C=O) groups excluding carboxylic acids is 3. The van der Waals surface area contributed by atoms with Crippen LogP contribution in [0.5, 0.6) is 0 Å². The van der Waals surface area contributed by atoms with Crippen molar-refractivity contribution < 1.29 is 23.9 Å². The van der Waals surface area contributed by atoms with Gasteiger partial charge in [0.15, 0.2) is 6.61 Å². The van der Waals surface area contributed by atoms with Gasteiger partial charge in [-0.3, -0.25) is 14.4 Å². The van der Waals surface area contributed by atoms with Crippen molar-refractivity contribution >= 4 is 29.1 Å². The van der Waals surface area contributed by atoms with Gasteiger partial charge in [0.05, 0.1) is 11.0 Å². The highest BCUT2D eigenvalue weighted by Crippen LogP contribution is 2.10. The normalized spacial score (nSPS) is 17.0. The number of nitrogens with one attached hydrogen (secondary N) is 2. The van der Waals surface area contributed by atoms with Gasteiger partial charge in [-0.05, 0) is 24.3 Å². The molecular weight excluding hydrogens is 308 g/mol. The van der Waals surface area contributed by atoms with Gasteiger partial charge in [0.1, 0.15) is 6.54 Å². The predicted octanol–water partition coefficient (Wildman–Crippen LogP) is 0.316. The summed E-state index contributed by atoms with van der Waals surface area (Å²) in [6, 6.07) is 3.40. The van der Waals surface area contributed by atoms with Crippen molar-refractivity contribution in [2.24, 2.45) is 0 Å². The average molecular weight is 326 g/mol. The van der Waals surface area contributed by atoms with E-state index in [1.807, 2.05) is 0 Å². The maximum Gasteiger partial charge on any atom is 0.325 e. The molecule has 2 amide bonds. The van der Waals surface area contributed by atoms with Crippen LogP contribution in [0, 0.1) is 0 Å². The second-order valence-electron chi connectivity index (χ2n) is 4.76. The smallest absolute Gasteiger partial charge is 0.325 e. The molecule has 1 aromatic heterocycles. The lowest BCUT2D eigenvalue weighted by molar-refractivity contribution is -0.147. The Kier molecular flexibility index (Phi) is 6.35. The molecule has 0 unspecified atom stereocenters. The molecule has 2 rings (SSSR count). The van der Waals surface area contributed by atoms with Gasteiger partial charge in [-0.25, -0.2) is 0 Å². The van der Waals surface area contributed by atoms with Crippen molar-refractivity contribution in [2.75, 3.05) is 26.3 Å². The second-order valence-corrected chi connectivity index (χ2v) is 5.71. The largest absolute Gasteiger partial charge is 0.454 e. The molecule has 1 fully saturated rings. The van der Waals surface area contributed by atoms with E-state index < -0.39 is 5.97 Å². The summed E-state index contributed by atoms with van der Waals surface area (Å²) in [6.45, 7) is 0.515. The van der Waals surface area contributed by atoms with Crippen LogP contribution < -0.4 is 10.6 Å². The fourth-order valence-corrected chi connectivity index (χ4v) is 2.57. The van der Waals surface area contributed by atoms with Crippen LogP contribution >= 0.6 is 11.3 Å². The van der Waals surface area contributed by atoms with Gasteiger partial charge in [-0.15, -0.1) is 11.3 Å². The summed E-state index contributed by atoms with van der Waals surface area (Å²) >= 11 is 1.28. The van der Waals surface area contributed by atoms with Gasteiger partial charge in [-0.2, -0.15) is 0 Å². The van der Waals surface area contributed by atoms with E-state index in [0.29, 0.717) is 11.4 Å². The first kappa shape index (κ1) is 16.4. The zero-order valence-corrected chi connectivity index (χ0v) is 12.8. The molecule has 0 radical (unpaired) electrons. The molecule has 1 saturated heterocycles. The number of hydrogen-bond acceptors (Lipinski definition) is 6. The molecule has 0 spiro atoms. The van der Waals surface area contributed by atoms with E-state index in [4.69, 9.17) is 9.47 Å². The Labute approximate surface area is 132 Å². The lowest BCUT2D eigenvalue weighted by Crippen LogP contribution is -2.36. The lowest BCUT2D eigenvalue weighted by Gasteiger charge is -2.11. The zero-order valence-electron chi connectivity index (χ0n) is 12.0. The number of hydrogen-bond donors (Lipinski definition) is 2. The Bertz CT molecular complexity index is 511. The first-order valence-corrected chi connectivity index (χ1v) is 7.89. The van der Waals surface area contributed by atoms with Crippen LogP contribution in [0.2, 0.25) is 0 Å². The van der Waals surface area contributed by atoms with Gasteiger partial charge in [0, 0.05) is 13.2 Å². The number of carbonyl (C=O) groups is 3. The molecule has 0 bridgehead atoms. The van der Waals surface area contributed by atoms with E-state index in [1.54, 1.807) is 17.5 Å². The van der Waals surface area contributed by atoms with E-state index in [9.17, 15) is 14.4 Å². The Balaban J connectivity index is 1.56. The summed E-state index contributed by atoms with van der Waals surface area (Å²) in [7, 11) is 0. The van der Waals surface area contributed by atoms with Gasteiger partial charge in [-0.1, -0.05) is 6.07 Å². The Morgan fingerprint density at radius 1 is 1.36 bits per heavy atom. The standard InChI is InChI=1S/C14H18N2O5S/c17-12(15-7-10-3-1-5-20-10)9-21-13(18)8-16-14(19)11-4-2-6-22-11/h2,4,6,10H,1,3,5,7-9H2,(H,15,17)(H,16,19)/t10-/m0/s1. The summed E-state index contributed by atoms with van der Waals surface area (Å²) < 4.78 is 10.1. The first-order valence-electron chi connectivity index (χ1n) is 7.01. The van der Waals surface area contributed by atoms with Crippen molar-refractivity contribution in [3.63, 3.8) is 0 Å². The van der Waals surface area contributed by atoms with E-state index in [0.717, 1.165) is 19.4 Å². The van der Waals surface area contributed by atoms with Crippen molar-refractivity contribution in [1.82, 2.24) is 10.6 Å². The highest BCUT2D eigenvalue weighted by Gasteiger charge is 2.16. The SMILES string of the molecule is O=C(COC(=O)CNC(=O)c1cccs1)NC[C@@H]1CCCO1. The van der Waals surface area contributed by atoms with Crippen LogP contribution in [-0.4, -0.2) is 50.2 Å². The minimum Gasteiger partial charge on any atom is -0.454 e. The second kappa shape index (κ2) is 8.50. The fraction of sp³-hybridized carbons (Fsp3) is 0.500. The number of amides is 2. The molecule has 8 heteroatoms. The van der Waals surface area contributed by atoms with Crippen molar-refractivity contribution in [2.45, 2.75) is 18.9 Å². The Morgan fingerprint density at radius 3 is 2.91 bits per heavy atom. The van der Waals surface area contributed by atoms with Crippen LogP contribution in [0.4, 0.5) is 0 Å². The third kappa shape index (κ3) is 5.45. The van der Waals surface area contributed by atoms with Crippen molar-refractivity contribution in [1.29, 1.82) is 0 Å². The molecule has 7 nitrogen and oxygen atoms in total. The van der Waals surface area contributed by atoms with E-state index in [2.05, 4.69) is 10.6 Å². The molecule has 1 aliphatic heterocycles. The summed E-state index contributed by atoms with van der Waals surface area (Å²) in [4.78, 5) is 35.1. The van der Waals surface area contributed by atoms with Gasteiger partial charge < -0.3 is 20.1 Å². The van der Waals surface area contributed by atoms with Crippen molar-refractivity contribution in [3.8, 4) is 0 Å². The number of thiophene rings is 1. The third-order valence-corrected chi connectivity index (χ3v) is 3.92. The molecule has 1 aliphatic rings. The summed E-state index contributed by atoms with van der Waals surface area (Å²) in [5, 5.41) is 6.84. The third-order valence-electron chi connectivity index (χ3n) is 3.05. The molecule has 0 saturated carbocycles. The summed E-state index contributed by atoms with van der Waals surface area (Å²) in [6.07, 6.45) is 1.97. The highest BCUT2D eigenvalue weighted by atomic mass is 32.1. The molecule has 1 aromatic rings. The van der Waals surface area contributed by atoms with Crippen molar-refractivity contribution in [3.05, 3.63) is 22.4 Å². The maximum atomic E-state index is 11.6. The van der Waals surface area contributed by atoms with Gasteiger partial charge >= 0.3 is 5.97 Å². The minimum atomic E-state index is -0.655. The Hall–Kier alpha value is -1.93. The van der Waals surface area contributed by atoms with E-state index >= 15 is 0 Å². The molecule has 2 N–H and O–H groups in total. The van der Waals surface area contributed by atoms with E-state index in [-0.39, 0.29) is 31.1 Å². The van der Waals surface area contributed by atoms with Crippen LogP contribution in [0.15, 0.2) is 17.5 Å². The van der Waals surface area contributed by atoms with Gasteiger partial charge in [0.2, 0.25) is 0 Å². The molecule has 22 heavy (non-hydrogen) atoms. The highest BCUT2D eigenvalue weighted by molar-refractivity contribution is 7.12. The average Bonchev–Trinajstić information content (AvgIpc) is 3.21. The zero-order chi connectivity index (χ0) is 15.8. The molecule has 1 atom stereocenters. The monoisotopic (exact) mass is 326 g/mol. The lowest BCUT2D eigenvalue weighted by atomic mass is 10.2. The molecule has 120 valence electrons. The fourth-order valence-electron chi connectivity index (χ4n) is 1.93. The minimum absolute atomic E-state index is 0.0461. The predicted molar refractivity (Wildman–Crippen MR) is 79.6 cm³/mol.